The van der Waals surface area contributed by atoms with Gasteiger partial charge in [0.2, 0.25) is 0 Å². The van der Waals surface area contributed by atoms with E-state index in [1.54, 1.807) is 0 Å². The molecule has 0 saturated heterocycles. The van der Waals surface area contributed by atoms with Crippen LogP contribution in [0, 0.1) is 0 Å². The van der Waals surface area contributed by atoms with E-state index in [0.29, 0.717) is 0 Å². The topological polar surface area (TPSA) is 0 Å². The van der Waals surface area contributed by atoms with E-state index in [-0.39, 0.29) is 0 Å². The zero-order chi connectivity index (χ0) is 30.6. The molecule has 45 heavy (non-hydrogen) atoms. The van der Waals surface area contributed by atoms with Gasteiger partial charge in [-0.3, -0.25) is 0 Å². The first kappa shape index (κ1) is 30.9. The molecule has 0 unspecified atom stereocenters. The summed E-state index contributed by atoms with van der Waals surface area (Å²) in [6.07, 6.45) is 14.1. The fraction of sp³-hybridized carbons (Fsp3) is 0.317. The lowest BCUT2D eigenvalue weighted by Crippen LogP contribution is -1.82. The van der Waals surface area contributed by atoms with Crippen molar-refractivity contribution in [3.63, 3.8) is 0 Å². The smallest absolute Gasteiger partial charge is 0.0449 e. The quantitative estimate of drug-likeness (QED) is 0.102. The van der Waals surface area contributed by atoms with E-state index >= 15 is 0 Å². The molecule has 1 aliphatic carbocycles. The fourth-order valence-electron chi connectivity index (χ4n) is 6.51. The molecule has 0 amide bonds. The van der Waals surface area contributed by atoms with E-state index in [9.17, 15) is 0 Å². The Bertz CT molecular complexity index is 1740. The Morgan fingerprint density at radius 1 is 0.422 bits per heavy atom. The van der Waals surface area contributed by atoms with Crippen LogP contribution in [0.4, 0.5) is 0 Å². The molecule has 2 aromatic carbocycles. The second-order valence-electron chi connectivity index (χ2n) is 12.4. The molecule has 0 spiro atoms. The summed E-state index contributed by atoms with van der Waals surface area (Å²) in [4.78, 5) is 11.4. The van der Waals surface area contributed by atoms with Gasteiger partial charge in [0.25, 0.3) is 0 Å². The van der Waals surface area contributed by atoms with Crippen LogP contribution >= 0.6 is 45.3 Å². The van der Waals surface area contributed by atoms with Crippen LogP contribution in [0.3, 0.4) is 0 Å². The first-order chi connectivity index (χ1) is 22.2. The van der Waals surface area contributed by atoms with Crippen molar-refractivity contribution >= 4 is 45.3 Å². The van der Waals surface area contributed by atoms with Crippen LogP contribution in [0.1, 0.15) is 86.1 Å². The van der Waals surface area contributed by atoms with E-state index in [2.05, 4.69) is 98.8 Å². The average Bonchev–Trinajstić information content (AvgIpc) is 3.90. The Morgan fingerprint density at radius 3 is 1.31 bits per heavy atom. The Labute approximate surface area is 285 Å². The maximum Gasteiger partial charge on any atom is 0.0449 e. The minimum atomic E-state index is 1.02. The summed E-state index contributed by atoms with van der Waals surface area (Å²) in [7, 11) is 0. The van der Waals surface area contributed by atoms with Crippen LogP contribution in [-0.4, -0.2) is 0 Å². The number of fused-ring (bicyclic) bond motifs is 3. The molecule has 6 aromatic rings. The third-order valence-electron chi connectivity index (χ3n) is 9.03. The molecule has 4 heteroatoms. The molecule has 0 bridgehead atoms. The Balaban J connectivity index is 1.02. The second kappa shape index (κ2) is 14.3. The summed E-state index contributed by atoms with van der Waals surface area (Å²) in [5, 5.41) is 0. The molecular formula is C41H42S4. The largest absolute Gasteiger partial charge is 0.139 e. The van der Waals surface area contributed by atoms with Crippen molar-refractivity contribution < 1.29 is 0 Å². The molecule has 0 fully saturated rings. The number of hydrogen-bond donors (Lipinski definition) is 0. The highest BCUT2D eigenvalue weighted by Gasteiger charge is 2.21. The zero-order valence-corrected chi connectivity index (χ0v) is 29.8. The van der Waals surface area contributed by atoms with Gasteiger partial charge in [0, 0.05) is 39.0 Å². The van der Waals surface area contributed by atoms with Crippen LogP contribution in [0.15, 0.2) is 84.9 Å². The van der Waals surface area contributed by atoms with Gasteiger partial charge >= 0.3 is 0 Å². The number of aryl methyl sites for hydroxylation is 2. The number of benzene rings is 2. The van der Waals surface area contributed by atoms with Crippen molar-refractivity contribution in [2.24, 2.45) is 0 Å². The lowest BCUT2D eigenvalue weighted by atomic mass is 10.0. The van der Waals surface area contributed by atoms with Crippen LogP contribution < -0.4 is 0 Å². The molecule has 0 aliphatic heterocycles. The van der Waals surface area contributed by atoms with Crippen molar-refractivity contribution in [3.8, 4) is 51.5 Å². The molecule has 230 valence electrons. The third-order valence-corrected chi connectivity index (χ3v) is 14.0. The van der Waals surface area contributed by atoms with Crippen LogP contribution in [0.2, 0.25) is 0 Å². The highest BCUT2D eigenvalue weighted by Crippen LogP contribution is 2.44. The number of thiophene rings is 4. The summed E-state index contributed by atoms with van der Waals surface area (Å²) in [5.41, 5.74) is 8.41. The maximum absolute atomic E-state index is 2.44. The van der Waals surface area contributed by atoms with E-state index in [0.717, 1.165) is 6.42 Å². The van der Waals surface area contributed by atoms with Gasteiger partial charge in [-0.25, -0.2) is 0 Å². The molecule has 0 nitrogen and oxygen atoms in total. The molecular weight excluding hydrogens is 621 g/mol. The van der Waals surface area contributed by atoms with Gasteiger partial charge in [-0.05, 0) is 126 Å². The van der Waals surface area contributed by atoms with Gasteiger partial charge < -0.3 is 0 Å². The van der Waals surface area contributed by atoms with Gasteiger partial charge in [0.1, 0.15) is 0 Å². The molecule has 0 radical (unpaired) electrons. The van der Waals surface area contributed by atoms with E-state index in [1.807, 2.05) is 45.3 Å². The van der Waals surface area contributed by atoms with Crippen molar-refractivity contribution in [2.75, 3.05) is 0 Å². The van der Waals surface area contributed by atoms with Crippen LogP contribution in [0.5, 0.6) is 0 Å². The van der Waals surface area contributed by atoms with Crippen molar-refractivity contribution in [1.29, 1.82) is 0 Å². The molecule has 0 saturated carbocycles. The third kappa shape index (κ3) is 7.00. The second-order valence-corrected chi connectivity index (χ2v) is 16.9. The van der Waals surface area contributed by atoms with E-state index in [4.69, 9.17) is 0 Å². The summed E-state index contributed by atoms with van der Waals surface area (Å²) in [5.74, 6) is 0. The fourth-order valence-corrected chi connectivity index (χ4v) is 10.8. The van der Waals surface area contributed by atoms with Gasteiger partial charge in [-0.15, -0.1) is 45.3 Å². The van der Waals surface area contributed by atoms with E-state index < -0.39 is 0 Å². The molecule has 4 aromatic heterocycles. The van der Waals surface area contributed by atoms with Crippen LogP contribution in [-0.2, 0) is 19.3 Å². The van der Waals surface area contributed by atoms with Gasteiger partial charge in [-0.1, -0.05) is 76.6 Å². The minimum absolute atomic E-state index is 1.02. The first-order valence-electron chi connectivity index (χ1n) is 16.8. The predicted molar refractivity (Wildman–Crippen MR) is 204 cm³/mol. The van der Waals surface area contributed by atoms with Crippen molar-refractivity contribution in [1.82, 2.24) is 0 Å². The van der Waals surface area contributed by atoms with Gasteiger partial charge in [0.15, 0.2) is 0 Å². The number of hydrogen-bond acceptors (Lipinski definition) is 4. The number of rotatable bonds is 14. The van der Waals surface area contributed by atoms with E-state index in [1.165, 1.54) is 137 Å². The highest BCUT2D eigenvalue weighted by molar-refractivity contribution is 7.24. The number of unbranched alkanes of at least 4 members (excludes halogenated alkanes) is 6. The summed E-state index contributed by atoms with van der Waals surface area (Å²) >= 11 is 7.83. The van der Waals surface area contributed by atoms with Crippen molar-refractivity contribution in [3.05, 3.63) is 106 Å². The predicted octanol–water partition coefficient (Wildman–Crippen LogP) is 14.4. The lowest BCUT2D eigenvalue weighted by Gasteiger charge is -2.05. The van der Waals surface area contributed by atoms with Crippen LogP contribution in [0.25, 0.3) is 51.5 Å². The first-order valence-corrected chi connectivity index (χ1v) is 20.1. The minimum Gasteiger partial charge on any atom is -0.139 e. The molecule has 1 aliphatic rings. The Hall–Kier alpha value is -2.76. The van der Waals surface area contributed by atoms with Gasteiger partial charge in [0.05, 0.1) is 0 Å². The molecule has 0 atom stereocenters. The summed E-state index contributed by atoms with van der Waals surface area (Å²) in [6.45, 7) is 4.57. The summed E-state index contributed by atoms with van der Waals surface area (Å²) in [6, 6.07) is 32.9. The normalized spacial score (nSPS) is 12.1. The summed E-state index contributed by atoms with van der Waals surface area (Å²) < 4.78 is 0. The lowest BCUT2D eigenvalue weighted by molar-refractivity contribution is 0.670. The monoisotopic (exact) mass is 662 g/mol. The average molecular weight is 663 g/mol. The molecule has 0 N–H and O–H groups in total. The maximum atomic E-state index is 2.44. The van der Waals surface area contributed by atoms with Crippen molar-refractivity contribution in [2.45, 2.75) is 84.5 Å². The van der Waals surface area contributed by atoms with Gasteiger partial charge in [-0.2, -0.15) is 0 Å². The highest BCUT2D eigenvalue weighted by atomic mass is 32.1. The Morgan fingerprint density at radius 2 is 0.844 bits per heavy atom. The zero-order valence-electron chi connectivity index (χ0n) is 26.5. The standard InChI is InChI=1S/C41H42S4/c1-3-5-7-9-11-32-15-19-38(42-32)40-23-21-36(44-40)28-13-17-34-30(25-28)27-31-26-29(14-18-35(31)34)37-22-24-41(45-37)39-20-16-33(43-39)12-10-8-6-4-2/h13-26H,3-12,27H2,1-2H3. The molecule has 7 rings (SSSR count). The Kier molecular flexibility index (Phi) is 9.84. The SMILES string of the molecule is CCCCCCc1ccc(-c2ccc(-c3ccc4c(c3)Cc3cc(-c5ccc(-c6ccc(CCCCCC)s6)s5)ccc3-4)s2)s1. The molecule has 4 heterocycles.